The van der Waals surface area contributed by atoms with Crippen LogP contribution in [-0.4, -0.2) is 57.9 Å². The van der Waals surface area contributed by atoms with Crippen LogP contribution in [0.15, 0.2) is 23.8 Å². The van der Waals surface area contributed by atoms with Crippen LogP contribution in [0.4, 0.5) is 26.2 Å². The van der Waals surface area contributed by atoms with Crippen LogP contribution in [-0.2, 0) is 13.5 Å². The minimum absolute atomic E-state index is 0.0662. The van der Waals surface area contributed by atoms with Crippen LogP contribution in [0.1, 0.15) is 23.7 Å². The molecular formula is C24H27F2N7O. The van der Waals surface area contributed by atoms with Crippen molar-refractivity contribution in [1.82, 2.24) is 24.6 Å². The topological polar surface area (TPSA) is 71.3 Å². The molecule has 1 aliphatic heterocycles. The van der Waals surface area contributed by atoms with Crippen LogP contribution >= 0.6 is 0 Å². The normalized spacial score (nSPS) is 15.9. The first-order chi connectivity index (χ1) is 16.3. The lowest BCUT2D eigenvalue weighted by atomic mass is 10.1. The zero-order valence-electron chi connectivity index (χ0n) is 19.7. The Balaban J connectivity index is 1.50. The van der Waals surface area contributed by atoms with E-state index >= 15 is 4.39 Å². The van der Waals surface area contributed by atoms with Crippen molar-refractivity contribution in [3.63, 3.8) is 0 Å². The summed E-state index contributed by atoms with van der Waals surface area (Å²) in [5.41, 5.74) is 2.45. The van der Waals surface area contributed by atoms with E-state index in [2.05, 4.69) is 37.2 Å². The van der Waals surface area contributed by atoms with Crippen molar-refractivity contribution in [3.8, 4) is 11.8 Å². The highest BCUT2D eigenvalue weighted by Gasteiger charge is 2.24. The lowest BCUT2D eigenvalue weighted by Crippen LogP contribution is -2.44. The van der Waals surface area contributed by atoms with Gasteiger partial charge in [0, 0.05) is 68.2 Å². The van der Waals surface area contributed by atoms with Crippen molar-refractivity contribution in [3.05, 3.63) is 52.2 Å². The first-order valence-corrected chi connectivity index (χ1v) is 11.2. The molecule has 0 saturated carbocycles. The average Bonchev–Trinajstić information content (AvgIpc) is 3.34. The first kappa shape index (κ1) is 22.3. The molecule has 1 fully saturated rings. The second-order valence-electron chi connectivity index (χ2n) is 8.94. The highest BCUT2D eigenvalue weighted by atomic mass is 19.1. The number of nitrogens with one attached hydrogen (secondary N) is 1. The number of allylic oxidation sites excluding steroid dienone is 1. The molecular weight excluding hydrogens is 440 g/mol. The van der Waals surface area contributed by atoms with Gasteiger partial charge in [0.25, 0.3) is 0 Å². The number of anilines is 3. The number of fused-ring (bicyclic) bond motifs is 1. The van der Waals surface area contributed by atoms with Gasteiger partial charge in [-0.1, -0.05) is 11.6 Å². The van der Waals surface area contributed by atoms with Gasteiger partial charge in [-0.3, -0.25) is 4.68 Å². The zero-order valence-corrected chi connectivity index (χ0v) is 19.7. The lowest BCUT2D eigenvalue weighted by molar-refractivity contribution is 0.311. The van der Waals surface area contributed by atoms with Gasteiger partial charge in [-0.15, -0.1) is 0 Å². The molecule has 10 heteroatoms. The molecule has 5 rings (SSSR count). The zero-order chi connectivity index (χ0) is 24.0. The van der Waals surface area contributed by atoms with Gasteiger partial charge in [0.1, 0.15) is 17.5 Å². The van der Waals surface area contributed by atoms with Gasteiger partial charge >= 0.3 is 6.01 Å². The molecule has 2 aliphatic rings. The Bertz CT molecular complexity index is 1260. The van der Waals surface area contributed by atoms with Crippen molar-refractivity contribution in [2.45, 2.75) is 20.3 Å². The van der Waals surface area contributed by atoms with Crippen molar-refractivity contribution in [2.75, 3.05) is 43.4 Å². The Hall–Kier alpha value is -3.53. The molecule has 178 valence electrons. The predicted molar refractivity (Wildman–Crippen MR) is 127 cm³/mol. The van der Waals surface area contributed by atoms with E-state index in [1.165, 1.54) is 0 Å². The van der Waals surface area contributed by atoms with Gasteiger partial charge in [0.05, 0.1) is 0 Å². The highest BCUT2D eigenvalue weighted by molar-refractivity contribution is 5.66. The largest absolute Gasteiger partial charge is 0.421 e. The summed E-state index contributed by atoms with van der Waals surface area (Å²) < 4.78 is 37.3. The van der Waals surface area contributed by atoms with Crippen LogP contribution in [0.3, 0.4) is 0 Å². The summed E-state index contributed by atoms with van der Waals surface area (Å²) in [5, 5.41) is 7.59. The molecule has 1 saturated heterocycles. The minimum Gasteiger partial charge on any atom is -0.421 e. The van der Waals surface area contributed by atoms with Crippen LogP contribution in [0, 0.1) is 18.6 Å². The number of benzene rings is 1. The summed E-state index contributed by atoms with van der Waals surface area (Å²) in [6.07, 6.45) is 2.05. The van der Waals surface area contributed by atoms with E-state index in [1.54, 1.807) is 10.8 Å². The predicted octanol–water partition coefficient (Wildman–Crippen LogP) is 4.04. The summed E-state index contributed by atoms with van der Waals surface area (Å²) in [5.74, 6) is 0.358. The second-order valence-corrected chi connectivity index (χ2v) is 8.94. The molecule has 0 bridgehead atoms. The Kier molecular flexibility index (Phi) is 5.68. The third-order valence-corrected chi connectivity index (χ3v) is 6.26. The van der Waals surface area contributed by atoms with Crippen molar-refractivity contribution >= 4 is 23.5 Å². The van der Waals surface area contributed by atoms with E-state index in [9.17, 15) is 4.39 Å². The number of nitrogens with zero attached hydrogens (tertiary/aromatic N) is 6. The maximum absolute atomic E-state index is 15.2. The summed E-state index contributed by atoms with van der Waals surface area (Å²) in [4.78, 5) is 13.3. The number of hydrogen-bond acceptors (Lipinski definition) is 7. The average molecular weight is 468 g/mol. The van der Waals surface area contributed by atoms with Gasteiger partial charge in [0.15, 0.2) is 17.4 Å². The van der Waals surface area contributed by atoms with E-state index < -0.39 is 11.6 Å². The number of ether oxygens (including phenoxy) is 1. The van der Waals surface area contributed by atoms with Crippen LogP contribution in [0.5, 0.6) is 11.8 Å². The standard InChI is InChI=1S/C24H27F2N7O/c1-14-9-16-17(10-14)23(26)19(12-18(16)25)34-24-28-20(27-21-11-15(2)32(4)30-21)13-22(29-24)33-7-5-31(3)6-8-33/h10-13H,5-9H2,1-4H3,(H,27,28,29,30). The maximum Gasteiger partial charge on any atom is 0.326 e. The number of aromatic nitrogens is 4. The van der Waals surface area contributed by atoms with Crippen molar-refractivity contribution in [2.24, 2.45) is 7.05 Å². The third kappa shape index (κ3) is 4.33. The van der Waals surface area contributed by atoms with Crippen LogP contribution < -0.4 is 15.0 Å². The quantitative estimate of drug-likeness (QED) is 0.607. The fourth-order valence-corrected chi connectivity index (χ4v) is 4.21. The molecule has 34 heavy (non-hydrogen) atoms. The van der Waals surface area contributed by atoms with E-state index in [0.29, 0.717) is 29.4 Å². The number of rotatable bonds is 5. The van der Waals surface area contributed by atoms with E-state index in [1.807, 2.05) is 33.0 Å². The second kappa shape index (κ2) is 8.68. The molecule has 0 radical (unpaired) electrons. The Morgan fingerprint density at radius 1 is 0.971 bits per heavy atom. The van der Waals surface area contributed by atoms with Gasteiger partial charge in [-0.2, -0.15) is 15.1 Å². The molecule has 0 unspecified atom stereocenters. The van der Waals surface area contributed by atoms with Gasteiger partial charge in [-0.05, 0) is 27.3 Å². The number of hydrogen-bond donors (Lipinski definition) is 1. The molecule has 1 N–H and O–H groups in total. The van der Waals surface area contributed by atoms with Gasteiger partial charge in [0.2, 0.25) is 0 Å². The highest BCUT2D eigenvalue weighted by Crippen LogP contribution is 2.36. The van der Waals surface area contributed by atoms with E-state index in [4.69, 9.17) is 4.74 Å². The van der Waals surface area contributed by atoms with E-state index in [0.717, 1.165) is 43.5 Å². The molecule has 2 aromatic heterocycles. The van der Waals surface area contributed by atoms with Gasteiger partial charge in [-0.25, -0.2) is 8.78 Å². The maximum atomic E-state index is 15.2. The molecule has 0 spiro atoms. The smallest absolute Gasteiger partial charge is 0.326 e. The first-order valence-electron chi connectivity index (χ1n) is 11.2. The summed E-state index contributed by atoms with van der Waals surface area (Å²) in [7, 11) is 3.93. The number of piperazine rings is 1. The van der Waals surface area contributed by atoms with Crippen LogP contribution in [0.25, 0.3) is 6.08 Å². The summed E-state index contributed by atoms with van der Waals surface area (Å²) in [6.45, 7) is 7.13. The fraction of sp³-hybridized carbons (Fsp3) is 0.375. The molecule has 1 aliphatic carbocycles. The Labute approximate surface area is 196 Å². The summed E-state index contributed by atoms with van der Waals surface area (Å²) >= 11 is 0. The van der Waals surface area contributed by atoms with Crippen molar-refractivity contribution in [1.29, 1.82) is 0 Å². The van der Waals surface area contributed by atoms with Gasteiger partial charge < -0.3 is 19.9 Å². The fourth-order valence-electron chi connectivity index (χ4n) is 4.21. The molecule has 0 amide bonds. The third-order valence-electron chi connectivity index (χ3n) is 6.26. The Morgan fingerprint density at radius 3 is 2.44 bits per heavy atom. The van der Waals surface area contributed by atoms with E-state index in [-0.39, 0.29) is 17.3 Å². The summed E-state index contributed by atoms with van der Waals surface area (Å²) in [6, 6.07) is 4.71. The molecule has 0 atom stereocenters. The molecule has 8 nitrogen and oxygen atoms in total. The SMILES string of the molecule is CC1=Cc2c(F)c(Oc3nc(Nc4cc(C)n(C)n4)cc(N4CCN(C)CC4)n3)cc(F)c2C1. The minimum atomic E-state index is -0.614. The van der Waals surface area contributed by atoms with Crippen LogP contribution in [0.2, 0.25) is 0 Å². The molecule has 3 heterocycles. The monoisotopic (exact) mass is 467 g/mol. The molecule has 1 aromatic carbocycles. The number of aryl methyl sites for hydroxylation is 2. The van der Waals surface area contributed by atoms with Crippen molar-refractivity contribution < 1.29 is 13.5 Å². The number of likely N-dealkylation sites (N-methyl/N-ethyl adjacent to an activating group) is 1. The Morgan fingerprint density at radius 2 is 1.74 bits per heavy atom. The number of halogens is 2. The molecule has 3 aromatic rings. The lowest BCUT2D eigenvalue weighted by Gasteiger charge is -2.33.